The van der Waals surface area contributed by atoms with Gasteiger partial charge >= 0.3 is 0 Å². The fourth-order valence-electron chi connectivity index (χ4n) is 2.30. The molecule has 0 radical (unpaired) electrons. The van der Waals surface area contributed by atoms with Crippen molar-refractivity contribution in [3.8, 4) is 16.9 Å². The van der Waals surface area contributed by atoms with Crippen molar-refractivity contribution in [2.75, 3.05) is 0 Å². The lowest BCUT2D eigenvalue weighted by Crippen LogP contribution is -1.90. The quantitative estimate of drug-likeness (QED) is 0.777. The van der Waals surface area contributed by atoms with Crippen LogP contribution in [-0.2, 0) is 0 Å². The molecule has 2 aromatic rings. The zero-order chi connectivity index (χ0) is 12.6. The van der Waals surface area contributed by atoms with Gasteiger partial charge in [0, 0.05) is 0 Å². The zero-order valence-electron chi connectivity index (χ0n) is 10.2. The molecule has 0 saturated heterocycles. The summed E-state index contributed by atoms with van der Waals surface area (Å²) in [4.78, 5) is 0. The summed E-state index contributed by atoms with van der Waals surface area (Å²) in [6.07, 6.45) is 0. The molecule has 0 atom stereocenters. The van der Waals surface area contributed by atoms with Crippen molar-refractivity contribution in [1.82, 2.24) is 0 Å². The van der Waals surface area contributed by atoms with E-state index < -0.39 is 0 Å². The number of aromatic hydroxyl groups is 1. The van der Waals surface area contributed by atoms with Gasteiger partial charge < -0.3 is 5.11 Å². The van der Waals surface area contributed by atoms with Crippen LogP contribution in [0.1, 0.15) is 16.7 Å². The van der Waals surface area contributed by atoms with Crippen LogP contribution in [0.3, 0.4) is 0 Å². The van der Waals surface area contributed by atoms with Gasteiger partial charge in [-0.1, -0.05) is 35.4 Å². The Hall–Kier alpha value is -1.47. The number of rotatable bonds is 1. The van der Waals surface area contributed by atoms with Crippen molar-refractivity contribution in [3.05, 3.63) is 52.0 Å². The molecule has 88 valence electrons. The van der Waals surface area contributed by atoms with Crippen LogP contribution in [0.25, 0.3) is 11.1 Å². The summed E-state index contributed by atoms with van der Waals surface area (Å²) in [5.74, 6) is 0.123. The molecule has 17 heavy (non-hydrogen) atoms. The monoisotopic (exact) mass is 246 g/mol. The lowest BCUT2D eigenvalue weighted by atomic mass is 9.94. The van der Waals surface area contributed by atoms with Gasteiger partial charge in [0.15, 0.2) is 0 Å². The Labute approximate surface area is 107 Å². The minimum Gasteiger partial charge on any atom is -0.506 e. The molecule has 0 unspecified atom stereocenters. The van der Waals surface area contributed by atoms with Gasteiger partial charge in [0.2, 0.25) is 0 Å². The minimum atomic E-state index is 0.123. The summed E-state index contributed by atoms with van der Waals surface area (Å²) < 4.78 is 0. The molecular formula is C15H15ClO. The molecule has 0 spiro atoms. The standard InChI is InChI=1S/C15H15ClO/c1-9-6-10(2)15(11(3)7-9)12-4-5-14(17)13(16)8-12/h4-8,17H,1-3H3. The second kappa shape index (κ2) is 4.42. The highest BCUT2D eigenvalue weighted by atomic mass is 35.5. The van der Waals surface area contributed by atoms with E-state index >= 15 is 0 Å². The average Bonchev–Trinajstić information content (AvgIpc) is 2.21. The molecule has 0 amide bonds. The number of benzene rings is 2. The fourth-order valence-corrected chi connectivity index (χ4v) is 2.48. The third-order valence-corrected chi connectivity index (χ3v) is 3.22. The van der Waals surface area contributed by atoms with Crippen molar-refractivity contribution in [1.29, 1.82) is 0 Å². The Morgan fingerprint density at radius 1 is 0.941 bits per heavy atom. The highest BCUT2D eigenvalue weighted by molar-refractivity contribution is 6.32. The Kier molecular flexibility index (Phi) is 3.12. The maximum Gasteiger partial charge on any atom is 0.134 e. The van der Waals surface area contributed by atoms with E-state index in [1.165, 1.54) is 22.3 Å². The van der Waals surface area contributed by atoms with Crippen LogP contribution in [0.5, 0.6) is 5.75 Å². The average molecular weight is 247 g/mol. The van der Waals surface area contributed by atoms with Crippen LogP contribution in [0.15, 0.2) is 30.3 Å². The van der Waals surface area contributed by atoms with E-state index in [1.54, 1.807) is 6.07 Å². The first-order valence-corrected chi connectivity index (χ1v) is 5.93. The van der Waals surface area contributed by atoms with Gasteiger partial charge in [-0.3, -0.25) is 0 Å². The van der Waals surface area contributed by atoms with Crippen LogP contribution in [0.2, 0.25) is 5.02 Å². The van der Waals surface area contributed by atoms with Gasteiger partial charge in [-0.25, -0.2) is 0 Å². The van der Waals surface area contributed by atoms with Crippen molar-refractivity contribution < 1.29 is 5.11 Å². The molecule has 0 aliphatic carbocycles. The number of halogens is 1. The van der Waals surface area contributed by atoms with Crippen LogP contribution in [0.4, 0.5) is 0 Å². The van der Waals surface area contributed by atoms with Gasteiger partial charge in [0.25, 0.3) is 0 Å². The molecule has 1 N–H and O–H groups in total. The maximum atomic E-state index is 9.44. The first-order valence-electron chi connectivity index (χ1n) is 5.56. The summed E-state index contributed by atoms with van der Waals surface area (Å²) >= 11 is 5.95. The SMILES string of the molecule is Cc1cc(C)c(-c2ccc(O)c(Cl)c2)c(C)c1. The molecule has 0 fully saturated rings. The number of aryl methyl sites for hydroxylation is 3. The van der Waals surface area contributed by atoms with E-state index in [4.69, 9.17) is 11.6 Å². The highest BCUT2D eigenvalue weighted by Crippen LogP contribution is 2.33. The van der Waals surface area contributed by atoms with Gasteiger partial charge in [-0.15, -0.1) is 0 Å². The molecule has 1 nitrogen and oxygen atoms in total. The van der Waals surface area contributed by atoms with Crippen molar-refractivity contribution >= 4 is 11.6 Å². The summed E-state index contributed by atoms with van der Waals surface area (Å²) in [6.45, 7) is 6.28. The van der Waals surface area contributed by atoms with E-state index in [2.05, 4.69) is 32.9 Å². The van der Waals surface area contributed by atoms with Gasteiger partial charge in [-0.2, -0.15) is 0 Å². The molecule has 0 aromatic heterocycles. The first-order chi connectivity index (χ1) is 7.99. The van der Waals surface area contributed by atoms with Crippen LogP contribution in [0, 0.1) is 20.8 Å². The van der Waals surface area contributed by atoms with Gasteiger partial charge in [0.1, 0.15) is 5.75 Å². The molecule has 2 aromatic carbocycles. The fraction of sp³-hybridized carbons (Fsp3) is 0.200. The van der Waals surface area contributed by atoms with Gasteiger partial charge in [0.05, 0.1) is 5.02 Å². The number of hydrogen-bond donors (Lipinski definition) is 1. The van der Waals surface area contributed by atoms with Crippen molar-refractivity contribution in [2.24, 2.45) is 0 Å². The molecule has 0 bridgehead atoms. The van der Waals surface area contributed by atoms with E-state index in [1.807, 2.05) is 12.1 Å². The Morgan fingerprint density at radius 2 is 1.53 bits per heavy atom. The Bertz CT molecular complexity index is 550. The molecule has 2 rings (SSSR count). The van der Waals surface area contributed by atoms with E-state index in [0.717, 1.165) is 5.56 Å². The van der Waals surface area contributed by atoms with Crippen LogP contribution < -0.4 is 0 Å². The van der Waals surface area contributed by atoms with Crippen molar-refractivity contribution in [3.63, 3.8) is 0 Å². The normalized spacial score (nSPS) is 10.6. The second-order valence-corrected chi connectivity index (χ2v) is 4.85. The van der Waals surface area contributed by atoms with E-state index in [-0.39, 0.29) is 5.75 Å². The van der Waals surface area contributed by atoms with Crippen molar-refractivity contribution in [2.45, 2.75) is 20.8 Å². The highest BCUT2D eigenvalue weighted by Gasteiger charge is 2.08. The second-order valence-electron chi connectivity index (χ2n) is 4.44. The molecule has 0 saturated carbocycles. The lowest BCUT2D eigenvalue weighted by Gasteiger charge is -2.12. The minimum absolute atomic E-state index is 0.123. The maximum absolute atomic E-state index is 9.44. The predicted molar refractivity (Wildman–Crippen MR) is 72.8 cm³/mol. The van der Waals surface area contributed by atoms with Crippen LogP contribution in [-0.4, -0.2) is 5.11 Å². The molecular weight excluding hydrogens is 232 g/mol. The van der Waals surface area contributed by atoms with E-state index in [9.17, 15) is 5.11 Å². The van der Waals surface area contributed by atoms with Gasteiger partial charge in [-0.05, 0) is 55.2 Å². The largest absolute Gasteiger partial charge is 0.506 e. The predicted octanol–water partition coefficient (Wildman–Crippen LogP) is 4.64. The molecule has 0 aliphatic heterocycles. The summed E-state index contributed by atoms with van der Waals surface area (Å²) in [5, 5.41) is 9.83. The molecule has 2 heteroatoms. The third-order valence-electron chi connectivity index (χ3n) is 2.91. The molecule has 0 heterocycles. The summed E-state index contributed by atoms with van der Waals surface area (Å²) in [6, 6.07) is 9.65. The first kappa shape index (κ1) is 12.0. The summed E-state index contributed by atoms with van der Waals surface area (Å²) in [7, 11) is 0. The smallest absolute Gasteiger partial charge is 0.134 e. The number of hydrogen-bond acceptors (Lipinski definition) is 1. The topological polar surface area (TPSA) is 20.2 Å². The van der Waals surface area contributed by atoms with E-state index in [0.29, 0.717) is 5.02 Å². The number of phenolic OH excluding ortho intramolecular Hbond substituents is 1. The Balaban J connectivity index is 2.64. The summed E-state index contributed by atoms with van der Waals surface area (Å²) in [5.41, 5.74) is 5.95. The van der Waals surface area contributed by atoms with Crippen LogP contribution >= 0.6 is 11.6 Å². The third kappa shape index (κ3) is 2.29. The molecule has 0 aliphatic rings. The zero-order valence-corrected chi connectivity index (χ0v) is 11.0. The Morgan fingerprint density at radius 3 is 2.06 bits per heavy atom. The lowest BCUT2D eigenvalue weighted by molar-refractivity contribution is 0.475. The number of phenols is 1.